The number of halogens is 1. The number of nitrogens with two attached hydrogens (primary N) is 2. The first-order valence-electron chi connectivity index (χ1n) is 5.06. The van der Waals surface area contributed by atoms with E-state index < -0.39 is 11.6 Å². The molecule has 6 N–H and O–H groups in total. The summed E-state index contributed by atoms with van der Waals surface area (Å²) in [4.78, 5) is 22.3. The number of urea groups is 1. The number of primary amides is 1. The fourth-order valence-electron chi connectivity index (χ4n) is 1.11. The van der Waals surface area contributed by atoms with Crippen molar-refractivity contribution in [3.8, 4) is 0 Å². The van der Waals surface area contributed by atoms with Crippen molar-refractivity contribution in [3.05, 3.63) is 24.3 Å². The molecule has 0 aromatic heterocycles. The maximum Gasteiger partial charge on any atom is 0.316 e. The zero-order valence-corrected chi connectivity index (χ0v) is 11.0. The molecule has 0 saturated heterocycles. The number of hydrogen-bond donors (Lipinski definition) is 4. The van der Waals surface area contributed by atoms with Gasteiger partial charge in [-0.15, -0.1) is 12.4 Å². The van der Waals surface area contributed by atoms with E-state index in [4.69, 9.17) is 11.5 Å². The van der Waals surface area contributed by atoms with Crippen molar-refractivity contribution in [1.82, 2.24) is 0 Å². The predicted molar refractivity (Wildman–Crippen MR) is 73.8 cm³/mol. The van der Waals surface area contributed by atoms with Crippen molar-refractivity contribution in [2.75, 3.05) is 10.6 Å². The molecule has 6 nitrogen and oxygen atoms in total. The van der Waals surface area contributed by atoms with E-state index in [2.05, 4.69) is 10.6 Å². The van der Waals surface area contributed by atoms with Crippen LogP contribution in [0.5, 0.6) is 0 Å². The van der Waals surface area contributed by atoms with Crippen LogP contribution in [0.15, 0.2) is 24.3 Å². The summed E-state index contributed by atoms with van der Waals surface area (Å²) in [6.07, 6.45) is 0. The highest BCUT2D eigenvalue weighted by atomic mass is 35.5. The summed E-state index contributed by atoms with van der Waals surface area (Å²) in [6, 6.07) is 5.97. The minimum Gasteiger partial charge on any atom is -0.351 e. The fraction of sp³-hybridized carbons (Fsp3) is 0.273. The lowest BCUT2D eigenvalue weighted by Gasteiger charge is -2.18. The normalized spacial score (nSPS) is 10.2. The largest absolute Gasteiger partial charge is 0.351 e. The summed E-state index contributed by atoms with van der Waals surface area (Å²) in [5.74, 6) is -0.311. The van der Waals surface area contributed by atoms with Gasteiger partial charge >= 0.3 is 6.03 Å². The zero-order valence-electron chi connectivity index (χ0n) is 10.2. The first-order valence-corrected chi connectivity index (χ1v) is 5.06. The second-order valence-electron chi connectivity index (χ2n) is 4.25. The highest BCUT2D eigenvalue weighted by Gasteiger charge is 2.21. The van der Waals surface area contributed by atoms with E-state index in [9.17, 15) is 9.59 Å². The summed E-state index contributed by atoms with van der Waals surface area (Å²) in [5.41, 5.74) is 10.7. The average molecular weight is 273 g/mol. The van der Waals surface area contributed by atoms with Gasteiger partial charge in [0.2, 0.25) is 5.91 Å². The van der Waals surface area contributed by atoms with Gasteiger partial charge in [0.15, 0.2) is 0 Å². The molecule has 1 aromatic carbocycles. The quantitative estimate of drug-likeness (QED) is 0.665. The molecule has 3 amide bonds. The van der Waals surface area contributed by atoms with E-state index in [1.165, 1.54) is 0 Å². The second-order valence-corrected chi connectivity index (χ2v) is 4.25. The Balaban J connectivity index is 0.00000289. The summed E-state index contributed by atoms with van der Waals surface area (Å²) in [5, 5.41) is 5.05. The second kappa shape index (κ2) is 6.23. The average Bonchev–Trinajstić information content (AvgIpc) is 2.15. The molecule has 0 aliphatic carbocycles. The van der Waals surface area contributed by atoms with E-state index in [0.29, 0.717) is 11.4 Å². The molecule has 0 saturated carbocycles. The van der Waals surface area contributed by atoms with Crippen LogP contribution in [0.3, 0.4) is 0 Å². The van der Waals surface area contributed by atoms with E-state index in [1.54, 1.807) is 38.1 Å². The standard InChI is InChI=1S/C11H16N4O2.ClH/c1-11(2,13)9(16)14-7-4-3-5-8(6-7)15-10(12)17;/h3-6H,13H2,1-2H3,(H,14,16)(H3,12,15,17);1H. The Bertz CT molecular complexity index is 443. The van der Waals surface area contributed by atoms with Crippen molar-refractivity contribution < 1.29 is 9.59 Å². The van der Waals surface area contributed by atoms with E-state index in [-0.39, 0.29) is 18.3 Å². The van der Waals surface area contributed by atoms with Crippen LogP contribution >= 0.6 is 12.4 Å². The predicted octanol–water partition coefficient (Wildman–Crippen LogP) is 1.27. The Kier molecular flexibility index (Phi) is 5.61. The molecule has 7 heteroatoms. The third kappa shape index (κ3) is 5.03. The van der Waals surface area contributed by atoms with Crippen LogP contribution in [0, 0.1) is 0 Å². The number of benzene rings is 1. The molecule has 18 heavy (non-hydrogen) atoms. The third-order valence-corrected chi connectivity index (χ3v) is 1.97. The van der Waals surface area contributed by atoms with Gasteiger partial charge in [-0.25, -0.2) is 4.79 Å². The molecule has 1 aromatic rings. The molecule has 100 valence electrons. The number of nitrogens with one attached hydrogen (secondary N) is 2. The van der Waals surface area contributed by atoms with Crippen LogP contribution < -0.4 is 22.1 Å². The van der Waals surface area contributed by atoms with Gasteiger partial charge in [-0.2, -0.15) is 0 Å². The van der Waals surface area contributed by atoms with Gasteiger partial charge in [0, 0.05) is 11.4 Å². The van der Waals surface area contributed by atoms with Gasteiger partial charge < -0.3 is 22.1 Å². The van der Waals surface area contributed by atoms with Crippen molar-refractivity contribution in [2.24, 2.45) is 11.5 Å². The molecule has 0 aliphatic rings. The van der Waals surface area contributed by atoms with E-state index in [1.807, 2.05) is 0 Å². The molecule has 0 bridgehead atoms. The number of anilines is 2. The van der Waals surface area contributed by atoms with Crippen LogP contribution in [0.2, 0.25) is 0 Å². The number of amides is 3. The van der Waals surface area contributed by atoms with Crippen molar-refractivity contribution in [1.29, 1.82) is 0 Å². The summed E-state index contributed by atoms with van der Waals surface area (Å²) >= 11 is 0. The summed E-state index contributed by atoms with van der Waals surface area (Å²) < 4.78 is 0. The van der Waals surface area contributed by atoms with Gasteiger partial charge in [0.1, 0.15) is 0 Å². The lowest BCUT2D eigenvalue weighted by atomic mass is 10.1. The maximum atomic E-state index is 11.6. The SMILES string of the molecule is CC(C)(N)C(=O)Nc1cccc(NC(N)=O)c1.Cl. The van der Waals surface area contributed by atoms with Crippen LogP contribution in [0.25, 0.3) is 0 Å². The molecule has 0 heterocycles. The van der Waals surface area contributed by atoms with Crippen molar-refractivity contribution in [3.63, 3.8) is 0 Å². The van der Waals surface area contributed by atoms with Gasteiger partial charge in [-0.3, -0.25) is 4.79 Å². The molecule has 1 rings (SSSR count). The Hall–Kier alpha value is -1.79. The van der Waals surface area contributed by atoms with Gasteiger partial charge in [0.05, 0.1) is 5.54 Å². The molecule has 0 atom stereocenters. The van der Waals surface area contributed by atoms with Crippen LogP contribution in [-0.2, 0) is 4.79 Å². The minimum atomic E-state index is -0.965. The monoisotopic (exact) mass is 272 g/mol. The molecule has 0 unspecified atom stereocenters. The Morgan fingerprint density at radius 3 is 2.11 bits per heavy atom. The van der Waals surface area contributed by atoms with Crippen LogP contribution in [0.4, 0.5) is 16.2 Å². The Labute approximate surface area is 112 Å². The fourth-order valence-corrected chi connectivity index (χ4v) is 1.11. The molecule has 0 radical (unpaired) electrons. The number of rotatable bonds is 3. The molecule has 0 spiro atoms. The highest BCUT2D eigenvalue weighted by Crippen LogP contribution is 2.15. The summed E-state index contributed by atoms with van der Waals surface area (Å²) in [6.45, 7) is 3.21. The lowest BCUT2D eigenvalue weighted by molar-refractivity contribution is -0.120. The molecule has 0 fully saturated rings. The third-order valence-electron chi connectivity index (χ3n) is 1.97. The number of hydrogen-bond acceptors (Lipinski definition) is 3. The first-order chi connectivity index (χ1) is 7.79. The highest BCUT2D eigenvalue weighted by molar-refractivity contribution is 5.98. The molecular formula is C11H17ClN4O2. The van der Waals surface area contributed by atoms with Gasteiger partial charge in [-0.1, -0.05) is 6.07 Å². The van der Waals surface area contributed by atoms with Crippen molar-refractivity contribution >= 4 is 35.7 Å². The van der Waals surface area contributed by atoms with Crippen LogP contribution in [-0.4, -0.2) is 17.5 Å². The molecule has 0 aliphatic heterocycles. The maximum absolute atomic E-state index is 11.6. The number of carbonyl (C=O) groups is 2. The number of carbonyl (C=O) groups excluding carboxylic acids is 2. The van der Waals surface area contributed by atoms with Crippen LogP contribution in [0.1, 0.15) is 13.8 Å². The van der Waals surface area contributed by atoms with E-state index >= 15 is 0 Å². The minimum absolute atomic E-state index is 0. The lowest BCUT2D eigenvalue weighted by Crippen LogP contribution is -2.45. The van der Waals surface area contributed by atoms with Gasteiger partial charge in [0.25, 0.3) is 0 Å². The van der Waals surface area contributed by atoms with E-state index in [0.717, 1.165) is 0 Å². The zero-order chi connectivity index (χ0) is 13.1. The summed E-state index contributed by atoms with van der Waals surface area (Å²) in [7, 11) is 0. The Morgan fingerprint density at radius 1 is 1.17 bits per heavy atom. The first kappa shape index (κ1) is 16.2. The van der Waals surface area contributed by atoms with Gasteiger partial charge in [-0.05, 0) is 32.0 Å². The Morgan fingerprint density at radius 2 is 1.67 bits per heavy atom. The topological polar surface area (TPSA) is 110 Å². The van der Waals surface area contributed by atoms with Crippen molar-refractivity contribution in [2.45, 2.75) is 19.4 Å². The smallest absolute Gasteiger partial charge is 0.316 e. The molecular weight excluding hydrogens is 256 g/mol.